The van der Waals surface area contributed by atoms with Crippen LogP contribution in [0.25, 0.3) is 0 Å². The molecule has 2 aromatic heterocycles. The Bertz CT molecular complexity index is 774. The van der Waals surface area contributed by atoms with Crippen molar-refractivity contribution in [2.75, 3.05) is 6.54 Å². The normalized spacial score (nSPS) is 14.5. The lowest BCUT2D eigenvalue weighted by Crippen LogP contribution is -2.31. The summed E-state index contributed by atoms with van der Waals surface area (Å²) in [5.74, 6) is 1.40. The first kappa shape index (κ1) is 15.5. The fourth-order valence-electron chi connectivity index (χ4n) is 2.72. The Labute approximate surface area is 133 Å². The molecule has 1 amide bonds. The van der Waals surface area contributed by atoms with Gasteiger partial charge in [-0.25, -0.2) is 9.78 Å². The van der Waals surface area contributed by atoms with Gasteiger partial charge in [-0.05, 0) is 31.4 Å². The number of nitrogens with one attached hydrogen (secondary N) is 1. The molecule has 7 nitrogen and oxygen atoms in total. The lowest BCUT2D eigenvalue weighted by atomic mass is 9.83. The first-order valence-electron chi connectivity index (χ1n) is 7.82. The van der Waals surface area contributed by atoms with Crippen LogP contribution in [0.4, 0.5) is 0 Å². The van der Waals surface area contributed by atoms with E-state index in [1.54, 1.807) is 18.7 Å². The molecule has 1 aliphatic rings. The van der Waals surface area contributed by atoms with Gasteiger partial charge in [-0.15, -0.1) is 0 Å². The first-order valence-corrected chi connectivity index (χ1v) is 7.82. The number of carbonyl (C=O) groups is 1. The van der Waals surface area contributed by atoms with Crippen molar-refractivity contribution in [2.45, 2.75) is 38.5 Å². The average Bonchev–Trinajstić information content (AvgIpc) is 2.81. The molecule has 1 saturated carbocycles. The summed E-state index contributed by atoms with van der Waals surface area (Å²) in [5.41, 5.74) is 0.202. The molecule has 0 unspecified atom stereocenters. The highest BCUT2D eigenvalue weighted by molar-refractivity contribution is 5.95. The molecule has 1 N–H and O–H groups in total. The SMILES string of the molecule is Cc1cc(C2CCC2)oc(=O)c1C(=O)NCCc1ncnn1C. The van der Waals surface area contributed by atoms with E-state index in [4.69, 9.17) is 4.42 Å². The third-order valence-electron chi connectivity index (χ3n) is 4.34. The van der Waals surface area contributed by atoms with Crippen LogP contribution in [0.2, 0.25) is 0 Å². The summed E-state index contributed by atoms with van der Waals surface area (Å²) >= 11 is 0. The van der Waals surface area contributed by atoms with E-state index in [1.807, 2.05) is 6.07 Å². The van der Waals surface area contributed by atoms with Gasteiger partial charge in [-0.2, -0.15) is 5.10 Å². The molecule has 122 valence electrons. The maximum atomic E-state index is 12.3. The zero-order valence-electron chi connectivity index (χ0n) is 13.3. The summed E-state index contributed by atoms with van der Waals surface area (Å²) in [6.45, 7) is 2.16. The number of nitrogens with zero attached hydrogens (tertiary/aromatic N) is 3. The number of aryl methyl sites for hydroxylation is 2. The Kier molecular flexibility index (Phi) is 4.27. The van der Waals surface area contributed by atoms with Crippen molar-refractivity contribution in [3.8, 4) is 0 Å². The topological polar surface area (TPSA) is 90.0 Å². The monoisotopic (exact) mass is 316 g/mol. The molecule has 0 spiro atoms. The summed E-state index contributed by atoms with van der Waals surface area (Å²) in [6.07, 6.45) is 5.27. The molecule has 0 radical (unpaired) electrons. The fraction of sp³-hybridized carbons (Fsp3) is 0.500. The largest absolute Gasteiger partial charge is 0.427 e. The van der Waals surface area contributed by atoms with Gasteiger partial charge in [0.1, 0.15) is 23.5 Å². The Morgan fingerprint density at radius 1 is 1.48 bits per heavy atom. The molecule has 23 heavy (non-hydrogen) atoms. The van der Waals surface area contributed by atoms with E-state index in [9.17, 15) is 9.59 Å². The molecule has 1 aliphatic carbocycles. The van der Waals surface area contributed by atoms with Crippen LogP contribution in [0.15, 0.2) is 21.6 Å². The molecular weight excluding hydrogens is 296 g/mol. The van der Waals surface area contributed by atoms with Crippen LogP contribution in [-0.4, -0.2) is 27.2 Å². The number of rotatable bonds is 5. The van der Waals surface area contributed by atoms with Gasteiger partial charge < -0.3 is 9.73 Å². The van der Waals surface area contributed by atoms with Gasteiger partial charge in [0.25, 0.3) is 5.91 Å². The van der Waals surface area contributed by atoms with Crippen LogP contribution in [0.1, 0.15) is 52.7 Å². The molecule has 3 rings (SSSR count). The summed E-state index contributed by atoms with van der Waals surface area (Å²) < 4.78 is 6.99. The minimum absolute atomic E-state index is 0.0889. The van der Waals surface area contributed by atoms with Crippen LogP contribution >= 0.6 is 0 Å². The van der Waals surface area contributed by atoms with E-state index in [2.05, 4.69) is 15.4 Å². The van der Waals surface area contributed by atoms with Gasteiger partial charge in [-0.3, -0.25) is 9.48 Å². The van der Waals surface area contributed by atoms with Crippen molar-refractivity contribution >= 4 is 5.91 Å². The third kappa shape index (κ3) is 3.18. The van der Waals surface area contributed by atoms with Gasteiger partial charge in [0, 0.05) is 25.9 Å². The lowest BCUT2D eigenvalue weighted by molar-refractivity contribution is 0.0948. The van der Waals surface area contributed by atoms with E-state index in [0.29, 0.717) is 30.2 Å². The average molecular weight is 316 g/mol. The Balaban J connectivity index is 1.67. The second-order valence-electron chi connectivity index (χ2n) is 5.93. The molecule has 7 heteroatoms. The summed E-state index contributed by atoms with van der Waals surface area (Å²) in [4.78, 5) is 28.5. The van der Waals surface area contributed by atoms with Gasteiger partial charge in [-0.1, -0.05) is 6.42 Å². The van der Waals surface area contributed by atoms with Crippen LogP contribution in [0, 0.1) is 6.92 Å². The second-order valence-corrected chi connectivity index (χ2v) is 5.93. The number of hydrogen-bond donors (Lipinski definition) is 1. The predicted molar refractivity (Wildman–Crippen MR) is 83.3 cm³/mol. The maximum absolute atomic E-state index is 12.3. The minimum atomic E-state index is -0.553. The molecule has 2 aromatic rings. The third-order valence-corrected chi connectivity index (χ3v) is 4.34. The Morgan fingerprint density at radius 2 is 2.26 bits per heavy atom. The summed E-state index contributed by atoms with van der Waals surface area (Å²) in [7, 11) is 1.79. The number of carbonyl (C=O) groups excluding carboxylic acids is 1. The predicted octanol–water partition coefficient (Wildman–Crippen LogP) is 1.32. The molecule has 0 saturated heterocycles. The Morgan fingerprint density at radius 3 is 2.83 bits per heavy atom. The van der Waals surface area contributed by atoms with Crippen molar-refractivity contribution in [1.29, 1.82) is 0 Å². The summed E-state index contributed by atoms with van der Waals surface area (Å²) in [6, 6.07) is 1.82. The maximum Gasteiger partial charge on any atom is 0.349 e. The number of hydrogen-bond acceptors (Lipinski definition) is 5. The zero-order valence-corrected chi connectivity index (χ0v) is 13.3. The quantitative estimate of drug-likeness (QED) is 0.898. The molecule has 2 heterocycles. The van der Waals surface area contributed by atoms with Crippen molar-refractivity contribution in [1.82, 2.24) is 20.1 Å². The number of aromatic nitrogens is 3. The van der Waals surface area contributed by atoms with Crippen molar-refractivity contribution in [2.24, 2.45) is 7.05 Å². The van der Waals surface area contributed by atoms with Crippen molar-refractivity contribution < 1.29 is 9.21 Å². The van der Waals surface area contributed by atoms with E-state index in [-0.39, 0.29) is 5.56 Å². The van der Waals surface area contributed by atoms with Gasteiger partial charge >= 0.3 is 5.63 Å². The fourth-order valence-corrected chi connectivity index (χ4v) is 2.72. The van der Waals surface area contributed by atoms with Crippen LogP contribution in [0.3, 0.4) is 0 Å². The lowest BCUT2D eigenvalue weighted by Gasteiger charge is -2.24. The van der Waals surface area contributed by atoms with Gasteiger partial charge in [0.2, 0.25) is 0 Å². The molecular formula is C16H20N4O3. The van der Waals surface area contributed by atoms with E-state index in [1.165, 1.54) is 6.33 Å². The van der Waals surface area contributed by atoms with E-state index in [0.717, 1.165) is 25.1 Å². The highest BCUT2D eigenvalue weighted by Crippen LogP contribution is 2.36. The molecule has 0 aromatic carbocycles. The van der Waals surface area contributed by atoms with E-state index < -0.39 is 11.5 Å². The number of amides is 1. The van der Waals surface area contributed by atoms with Gasteiger partial charge in [0.15, 0.2) is 0 Å². The molecule has 1 fully saturated rings. The van der Waals surface area contributed by atoms with Gasteiger partial charge in [0.05, 0.1) is 0 Å². The van der Waals surface area contributed by atoms with Crippen LogP contribution < -0.4 is 10.9 Å². The first-order chi connectivity index (χ1) is 11.1. The summed E-state index contributed by atoms with van der Waals surface area (Å²) in [5, 5.41) is 6.71. The highest BCUT2D eigenvalue weighted by atomic mass is 16.4. The highest BCUT2D eigenvalue weighted by Gasteiger charge is 2.25. The van der Waals surface area contributed by atoms with Crippen molar-refractivity contribution in [3.63, 3.8) is 0 Å². The van der Waals surface area contributed by atoms with E-state index >= 15 is 0 Å². The zero-order chi connectivity index (χ0) is 16.4. The minimum Gasteiger partial charge on any atom is -0.427 e. The smallest absolute Gasteiger partial charge is 0.349 e. The molecule has 0 atom stereocenters. The second kappa shape index (κ2) is 6.36. The standard InChI is InChI=1S/C16H20N4O3/c1-10-8-12(11-4-3-5-11)23-16(22)14(10)15(21)17-7-6-13-18-9-19-20(13)2/h8-9,11H,3-7H2,1-2H3,(H,17,21). The van der Waals surface area contributed by atoms with Crippen LogP contribution in [0.5, 0.6) is 0 Å². The molecule has 0 aliphatic heterocycles. The Hall–Kier alpha value is -2.44. The van der Waals surface area contributed by atoms with Crippen molar-refractivity contribution in [3.05, 3.63) is 45.5 Å². The van der Waals surface area contributed by atoms with Crippen LogP contribution in [-0.2, 0) is 13.5 Å². The molecule has 0 bridgehead atoms.